The summed E-state index contributed by atoms with van der Waals surface area (Å²) in [6.07, 6.45) is 6.16. The molecule has 0 atom stereocenters. The second-order valence-electron chi connectivity index (χ2n) is 10.9. The fourth-order valence-electron chi connectivity index (χ4n) is 4.97. The third-order valence-corrected chi connectivity index (χ3v) is 7.50. The summed E-state index contributed by atoms with van der Waals surface area (Å²) in [5.41, 5.74) is 5.48. The van der Waals surface area contributed by atoms with Crippen molar-refractivity contribution in [2.24, 2.45) is 5.41 Å². The molecule has 5 nitrogen and oxygen atoms in total. The standard InChI is InChI=1S/C34H48N2O3.2ClH/c1-34(2,20-24-35-22-18-27-10-7-6-8-11-27)21-25-36-23-19-29-15-17-32(38-4)33(39-5)31(29)16-14-28-12-9-13-30(26-28)37-3;;/h6-13,15,17,26,35-36H,14,16,18-25H2,1-5H3;2*1H. The van der Waals surface area contributed by atoms with Gasteiger partial charge in [-0.15, -0.1) is 24.8 Å². The van der Waals surface area contributed by atoms with Gasteiger partial charge in [0, 0.05) is 5.56 Å². The lowest BCUT2D eigenvalue weighted by atomic mass is 9.85. The van der Waals surface area contributed by atoms with Crippen LogP contribution in [0.2, 0.25) is 0 Å². The number of rotatable bonds is 18. The first kappa shape index (κ1) is 36.6. The van der Waals surface area contributed by atoms with Gasteiger partial charge in [-0.05, 0) is 105 Å². The maximum atomic E-state index is 5.82. The van der Waals surface area contributed by atoms with Gasteiger partial charge in [0.2, 0.25) is 0 Å². The lowest BCUT2D eigenvalue weighted by Crippen LogP contribution is -2.28. The van der Waals surface area contributed by atoms with Crippen molar-refractivity contribution in [3.05, 3.63) is 89.0 Å². The predicted octanol–water partition coefficient (Wildman–Crippen LogP) is 7.11. The van der Waals surface area contributed by atoms with Gasteiger partial charge >= 0.3 is 0 Å². The zero-order valence-electron chi connectivity index (χ0n) is 25.5. The Morgan fingerprint density at radius 1 is 0.610 bits per heavy atom. The molecule has 7 heteroatoms. The van der Waals surface area contributed by atoms with Crippen LogP contribution in [-0.4, -0.2) is 47.5 Å². The van der Waals surface area contributed by atoms with Crippen LogP contribution in [0.1, 0.15) is 48.9 Å². The molecular weight excluding hydrogens is 555 g/mol. The normalized spacial score (nSPS) is 10.9. The van der Waals surface area contributed by atoms with Gasteiger partial charge in [-0.2, -0.15) is 0 Å². The molecule has 3 aromatic carbocycles. The van der Waals surface area contributed by atoms with E-state index in [9.17, 15) is 0 Å². The molecule has 228 valence electrons. The summed E-state index contributed by atoms with van der Waals surface area (Å²) in [5.74, 6) is 2.52. The topological polar surface area (TPSA) is 51.8 Å². The summed E-state index contributed by atoms with van der Waals surface area (Å²) in [4.78, 5) is 0. The van der Waals surface area contributed by atoms with Crippen LogP contribution in [0.5, 0.6) is 17.2 Å². The van der Waals surface area contributed by atoms with Crippen molar-refractivity contribution in [3.63, 3.8) is 0 Å². The summed E-state index contributed by atoms with van der Waals surface area (Å²) in [6.45, 7) is 8.79. The third-order valence-electron chi connectivity index (χ3n) is 7.50. The number of nitrogens with one attached hydrogen (secondary N) is 2. The highest BCUT2D eigenvalue weighted by atomic mass is 35.5. The molecule has 0 aliphatic carbocycles. The van der Waals surface area contributed by atoms with E-state index < -0.39 is 0 Å². The fourth-order valence-corrected chi connectivity index (χ4v) is 4.97. The van der Waals surface area contributed by atoms with Crippen LogP contribution in [0.25, 0.3) is 0 Å². The Bertz CT molecular complexity index is 1130. The molecular formula is C34H50Cl2N2O3. The maximum Gasteiger partial charge on any atom is 0.164 e. The van der Waals surface area contributed by atoms with E-state index in [1.807, 2.05) is 18.2 Å². The minimum atomic E-state index is 0. The zero-order chi connectivity index (χ0) is 27.9. The number of hydrogen-bond donors (Lipinski definition) is 2. The SMILES string of the molecule is COc1cccc(CCc2c(CCNCCC(C)(C)CCNCCc3ccccc3)ccc(OC)c2OC)c1.Cl.Cl. The molecule has 3 rings (SSSR count). The maximum absolute atomic E-state index is 5.82. The fraction of sp³-hybridized carbons (Fsp3) is 0.471. The molecule has 3 aromatic rings. The number of halogens is 2. The highest BCUT2D eigenvalue weighted by Gasteiger charge is 2.18. The van der Waals surface area contributed by atoms with Crippen LogP contribution in [0.15, 0.2) is 66.7 Å². The number of benzene rings is 3. The minimum absolute atomic E-state index is 0. The quantitative estimate of drug-likeness (QED) is 0.151. The molecule has 0 unspecified atom stereocenters. The van der Waals surface area contributed by atoms with Crippen LogP contribution in [-0.2, 0) is 25.7 Å². The lowest BCUT2D eigenvalue weighted by Gasteiger charge is -2.25. The first-order chi connectivity index (χ1) is 19.0. The van der Waals surface area contributed by atoms with Crippen molar-refractivity contribution < 1.29 is 14.2 Å². The number of ether oxygens (including phenoxy) is 3. The predicted molar refractivity (Wildman–Crippen MR) is 177 cm³/mol. The molecule has 0 saturated heterocycles. The van der Waals surface area contributed by atoms with Crippen LogP contribution >= 0.6 is 24.8 Å². The van der Waals surface area contributed by atoms with Gasteiger partial charge in [0.25, 0.3) is 0 Å². The number of aryl methyl sites for hydroxylation is 1. The van der Waals surface area contributed by atoms with Gasteiger partial charge in [-0.25, -0.2) is 0 Å². The molecule has 0 radical (unpaired) electrons. The van der Waals surface area contributed by atoms with E-state index >= 15 is 0 Å². The minimum Gasteiger partial charge on any atom is -0.497 e. The summed E-state index contributed by atoms with van der Waals surface area (Å²) >= 11 is 0. The second kappa shape index (κ2) is 19.6. The average Bonchev–Trinajstić information content (AvgIpc) is 2.96. The van der Waals surface area contributed by atoms with E-state index in [0.717, 1.165) is 75.5 Å². The molecule has 0 saturated carbocycles. The highest BCUT2D eigenvalue weighted by Crippen LogP contribution is 2.35. The first-order valence-corrected chi connectivity index (χ1v) is 14.3. The zero-order valence-corrected chi connectivity index (χ0v) is 27.1. The molecule has 0 fully saturated rings. The van der Waals surface area contributed by atoms with Crippen LogP contribution < -0.4 is 24.8 Å². The first-order valence-electron chi connectivity index (χ1n) is 14.3. The van der Waals surface area contributed by atoms with E-state index in [1.165, 1.54) is 28.7 Å². The van der Waals surface area contributed by atoms with Gasteiger partial charge in [0.1, 0.15) is 5.75 Å². The van der Waals surface area contributed by atoms with E-state index in [4.69, 9.17) is 14.2 Å². The molecule has 0 aliphatic heterocycles. The van der Waals surface area contributed by atoms with E-state index in [0.29, 0.717) is 5.41 Å². The Morgan fingerprint density at radius 3 is 1.90 bits per heavy atom. The van der Waals surface area contributed by atoms with Crippen molar-refractivity contribution >= 4 is 24.8 Å². The summed E-state index contributed by atoms with van der Waals surface area (Å²) in [7, 11) is 5.14. The molecule has 41 heavy (non-hydrogen) atoms. The smallest absolute Gasteiger partial charge is 0.164 e. The molecule has 0 amide bonds. The summed E-state index contributed by atoms with van der Waals surface area (Å²) < 4.78 is 16.8. The van der Waals surface area contributed by atoms with Gasteiger partial charge in [-0.3, -0.25) is 0 Å². The van der Waals surface area contributed by atoms with Gasteiger partial charge in [-0.1, -0.05) is 62.4 Å². The molecule has 0 aromatic heterocycles. The molecule has 0 bridgehead atoms. The van der Waals surface area contributed by atoms with Crippen molar-refractivity contribution in [3.8, 4) is 17.2 Å². The number of hydrogen-bond acceptors (Lipinski definition) is 5. The van der Waals surface area contributed by atoms with Crippen LogP contribution in [0, 0.1) is 5.41 Å². The Kier molecular flexibility index (Phi) is 17.5. The van der Waals surface area contributed by atoms with Gasteiger partial charge in [0.15, 0.2) is 11.5 Å². The average molecular weight is 606 g/mol. The van der Waals surface area contributed by atoms with Crippen molar-refractivity contribution in [2.75, 3.05) is 47.5 Å². The molecule has 2 N–H and O–H groups in total. The van der Waals surface area contributed by atoms with E-state index in [2.05, 4.69) is 73.0 Å². The molecule has 0 aliphatic rings. The molecule has 0 heterocycles. The van der Waals surface area contributed by atoms with Crippen molar-refractivity contribution in [1.82, 2.24) is 10.6 Å². The number of methoxy groups -OCH3 is 3. The lowest BCUT2D eigenvalue weighted by molar-refractivity contribution is 0.297. The second-order valence-corrected chi connectivity index (χ2v) is 10.9. The van der Waals surface area contributed by atoms with Crippen LogP contribution in [0.4, 0.5) is 0 Å². The van der Waals surface area contributed by atoms with Crippen molar-refractivity contribution in [2.45, 2.75) is 52.4 Å². The Labute approximate surface area is 260 Å². The summed E-state index contributed by atoms with van der Waals surface area (Å²) in [5, 5.41) is 7.31. The van der Waals surface area contributed by atoms with Crippen LogP contribution in [0.3, 0.4) is 0 Å². The van der Waals surface area contributed by atoms with Gasteiger partial charge in [0.05, 0.1) is 21.3 Å². The summed E-state index contributed by atoms with van der Waals surface area (Å²) in [6, 6.07) is 23.2. The Balaban J connectivity index is 0.00000420. The Hall–Kier alpha value is -2.44. The van der Waals surface area contributed by atoms with E-state index in [1.54, 1.807) is 21.3 Å². The Morgan fingerprint density at radius 2 is 1.27 bits per heavy atom. The largest absolute Gasteiger partial charge is 0.497 e. The third kappa shape index (κ3) is 12.5. The van der Waals surface area contributed by atoms with Gasteiger partial charge < -0.3 is 24.8 Å². The molecule has 0 spiro atoms. The highest BCUT2D eigenvalue weighted by molar-refractivity contribution is 5.85. The van der Waals surface area contributed by atoms with Crippen molar-refractivity contribution in [1.29, 1.82) is 0 Å². The van der Waals surface area contributed by atoms with E-state index in [-0.39, 0.29) is 24.8 Å². The monoisotopic (exact) mass is 604 g/mol.